The largest absolute Gasteiger partial charge is 0.493 e. The van der Waals surface area contributed by atoms with Gasteiger partial charge in [-0.25, -0.2) is 0 Å². The third kappa shape index (κ3) is 5.20. The molecule has 0 fully saturated rings. The van der Waals surface area contributed by atoms with Gasteiger partial charge in [0.2, 0.25) is 5.75 Å². The van der Waals surface area contributed by atoms with Gasteiger partial charge in [0.25, 0.3) is 0 Å². The normalized spacial score (nSPS) is 12.1. The lowest BCUT2D eigenvalue weighted by Crippen LogP contribution is -2.35. The van der Waals surface area contributed by atoms with Crippen LogP contribution < -0.4 is 20.8 Å². The summed E-state index contributed by atoms with van der Waals surface area (Å²) in [5.74, 6) is -1.37. The maximum Gasteiger partial charge on any atom is 0.416 e. The molecule has 0 atom stereocenters. The minimum absolute atomic E-state index is 0.0211. The van der Waals surface area contributed by atoms with Crippen LogP contribution in [0.5, 0.6) is 11.5 Å². The molecule has 1 aromatic heterocycles. The summed E-state index contributed by atoms with van der Waals surface area (Å²) < 4.78 is 90.2. The molecule has 0 unspecified atom stereocenters. The van der Waals surface area contributed by atoms with Crippen LogP contribution in [0, 0.1) is 5.41 Å². The molecule has 0 aliphatic rings. The lowest BCUT2D eigenvalue weighted by molar-refractivity contribution is -0.137. The maximum absolute atomic E-state index is 13.3. The van der Waals surface area contributed by atoms with Crippen molar-refractivity contribution in [1.82, 2.24) is 4.57 Å². The second-order valence-electron chi connectivity index (χ2n) is 7.89. The van der Waals surface area contributed by atoms with Crippen LogP contribution in [0.4, 0.5) is 32.0 Å². The van der Waals surface area contributed by atoms with E-state index in [1.165, 1.54) is 24.3 Å². The Kier molecular flexibility index (Phi) is 7.32. The highest BCUT2D eigenvalue weighted by molar-refractivity contribution is 5.95. The Bertz CT molecular complexity index is 1280. The summed E-state index contributed by atoms with van der Waals surface area (Å²) in [7, 11) is 0. The molecule has 35 heavy (non-hydrogen) atoms. The second-order valence-corrected chi connectivity index (χ2v) is 7.89. The molecule has 0 bridgehead atoms. The monoisotopic (exact) mass is 502 g/mol. The molecule has 2 aromatic carbocycles. The molecule has 0 saturated heterocycles. The molecule has 188 valence electrons. The Labute approximate surface area is 194 Å². The molecular weight excluding hydrogens is 482 g/mol. The van der Waals surface area contributed by atoms with Crippen LogP contribution in [-0.2, 0) is 11.0 Å². The van der Waals surface area contributed by atoms with Gasteiger partial charge in [0.05, 0.1) is 22.2 Å². The molecule has 0 radical (unpaired) electrons. The number of benzene rings is 2. The molecule has 6 nitrogen and oxygen atoms in total. The van der Waals surface area contributed by atoms with Crippen LogP contribution in [0.1, 0.15) is 12.5 Å². The molecular formula is C23H20F6N2O4. The number of nitrogens with two attached hydrogens (primary N) is 1. The average Bonchev–Trinajstić information content (AvgIpc) is 2.83. The lowest BCUT2D eigenvalue weighted by Gasteiger charge is -2.24. The van der Waals surface area contributed by atoms with Gasteiger partial charge in [-0.05, 0) is 36.4 Å². The molecule has 2 N–H and O–H groups in total. The van der Waals surface area contributed by atoms with Crippen molar-refractivity contribution in [1.29, 1.82) is 0 Å². The van der Waals surface area contributed by atoms with Crippen molar-refractivity contribution < 1.29 is 40.6 Å². The van der Waals surface area contributed by atoms with Gasteiger partial charge in [-0.15, -0.1) is 0 Å². The Morgan fingerprint density at radius 1 is 1.00 bits per heavy atom. The number of carbonyl (C=O) groups excluding carboxylic acids is 1. The number of nitrogen functional groups attached to an aromatic ring is 1. The molecule has 0 amide bonds. The number of carbonyl (C=O) groups is 1. The first-order chi connectivity index (χ1) is 16.5. The van der Waals surface area contributed by atoms with Crippen molar-refractivity contribution in [2.45, 2.75) is 13.1 Å². The molecule has 3 aromatic rings. The zero-order valence-corrected chi connectivity index (χ0v) is 18.3. The zero-order chi connectivity index (χ0) is 26.0. The fraction of sp³-hybridized carbons (Fsp3) is 0.304. The van der Waals surface area contributed by atoms with E-state index in [4.69, 9.17) is 15.2 Å². The number of halogens is 6. The van der Waals surface area contributed by atoms with Crippen molar-refractivity contribution in [3.63, 3.8) is 0 Å². The standard InChI is InChI=1S/C23H20F6N2O4/c1-13(32)35-20-19(30)17-7-2-14(23(27,28)29)8-18(17)31(21(20)33)15-3-5-16(6-4-15)34-12-22(9-24,10-25)11-26/h2-8H,9-12,30H2,1H3. The number of pyridine rings is 1. The van der Waals surface area contributed by atoms with Crippen molar-refractivity contribution in [2.24, 2.45) is 5.41 Å². The third-order valence-electron chi connectivity index (χ3n) is 5.23. The Balaban J connectivity index is 2.14. The van der Waals surface area contributed by atoms with Gasteiger partial charge in [-0.3, -0.25) is 27.3 Å². The SMILES string of the molecule is CC(=O)Oc1c(N)c2ccc(C(F)(F)F)cc2n(-c2ccc(OCC(CF)(CF)CF)cc2)c1=O. The van der Waals surface area contributed by atoms with Crippen LogP contribution in [0.25, 0.3) is 16.6 Å². The van der Waals surface area contributed by atoms with Crippen molar-refractivity contribution in [2.75, 3.05) is 32.4 Å². The smallest absolute Gasteiger partial charge is 0.416 e. The van der Waals surface area contributed by atoms with Crippen LogP contribution in [0.2, 0.25) is 0 Å². The highest BCUT2D eigenvalue weighted by Gasteiger charge is 2.33. The third-order valence-corrected chi connectivity index (χ3v) is 5.23. The van der Waals surface area contributed by atoms with Crippen LogP contribution in [0.15, 0.2) is 47.3 Å². The van der Waals surface area contributed by atoms with E-state index >= 15 is 0 Å². The van der Waals surface area contributed by atoms with E-state index in [1.54, 1.807) is 0 Å². The van der Waals surface area contributed by atoms with E-state index in [9.17, 15) is 35.9 Å². The van der Waals surface area contributed by atoms with E-state index in [1.807, 2.05) is 0 Å². The number of rotatable bonds is 8. The fourth-order valence-electron chi connectivity index (χ4n) is 3.22. The Hall–Kier alpha value is -3.70. The summed E-state index contributed by atoms with van der Waals surface area (Å²) in [6.07, 6.45) is -4.72. The van der Waals surface area contributed by atoms with E-state index in [2.05, 4.69) is 0 Å². The predicted molar refractivity (Wildman–Crippen MR) is 116 cm³/mol. The van der Waals surface area contributed by atoms with Gasteiger partial charge >= 0.3 is 17.7 Å². The van der Waals surface area contributed by atoms with Gasteiger partial charge in [0.1, 0.15) is 32.4 Å². The van der Waals surface area contributed by atoms with Gasteiger partial charge in [-0.2, -0.15) is 13.2 Å². The maximum atomic E-state index is 13.3. The van der Waals surface area contributed by atoms with Crippen molar-refractivity contribution in [3.05, 3.63) is 58.4 Å². The Morgan fingerprint density at radius 3 is 2.11 bits per heavy atom. The minimum Gasteiger partial charge on any atom is -0.493 e. The van der Waals surface area contributed by atoms with E-state index in [0.29, 0.717) is 0 Å². The molecule has 1 heterocycles. The van der Waals surface area contributed by atoms with Crippen molar-refractivity contribution in [3.8, 4) is 17.2 Å². The number of hydrogen-bond acceptors (Lipinski definition) is 5. The van der Waals surface area contributed by atoms with Gasteiger partial charge in [-0.1, -0.05) is 6.07 Å². The summed E-state index contributed by atoms with van der Waals surface area (Å²) in [5, 5.41) is 0.0211. The van der Waals surface area contributed by atoms with Gasteiger partial charge < -0.3 is 15.2 Å². The first-order valence-electron chi connectivity index (χ1n) is 10.1. The van der Waals surface area contributed by atoms with Crippen LogP contribution in [0.3, 0.4) is 0 Å². The second kappa shape index (κ2) is 9.88. The number of fused-ring (bicyclic) bond motifs is 1. The molecule has 12 heteroatoms. The average molecular weight is 502 g/mol. The highest BCUT2D eigenvalue weighted by Crippen LogP contribution is 2.35. The fourth-order valence-corrected chi connectivity index (χ4v) is 3.22. The van der Waals surface area contributed by atoms with Crippen molar-refractivity contribution >= 4 is 22.6 Å². The molecule has 0 saturated carbocycles. The van der Waals surface area contributed by atoms with Crippen LogP contribution in [-0.4, -0.2) is 37.2 Å². The minimum atomic E-state index is -4.72. The number of alkyl halides is 6. The summed E-state index contributed by atoms with van der Waals surface area (Å²) in [4.78, 5) is 24.6. The lowest BCUT2D eigenvalue weighted by atomic mass is 9.95. The highest BCUT2D eigenvalue weighted by atomic mass is 19.4. The van der Waals surface area contributed by atoms with Gasteiger partial charge in [0, 0.05) is 18.0 Å². The molecule has 3 rings (SSSR count). The number of esters is 1. The topological polar surface area (TPSA) is 83.6 Å². The predicted octanol–water partition coefficient (Wildman–Crippen LogP) is 4.79. The van der Waals surface area contributed by atoms with E-state index in [-0.39, 0.29) is 28.0 Å². The molecule has 0 spiro atoms. The number of hydrogen-bond donors (Lipinski definition) is 1. The first-order valence-corrected chi connectivity index (χ1v) is 10.1. The van der Waals surface area contributed by atoms with Gasteiger partial charge in [0.15, 0.2) is 0 Å². The quantitative estimate of drug-likeness (QED) is 0.354. The number of ether oxygens (including phenoxy) is 2. The first kappa shape index (κ1) is 25.9. The number of aromatic nitrogens is 1. The van der Waals surface area contributed by atoms with E-state index in [0.717, 1.165) is 29.7 Å². The van der Waals surface area contributed by atoms with E-state index < -0.39 is 61.1 Å². The Morgan fingerprint density at radius 2 is 1.60 bits per heavy atom. The molecule has 0 aliphatic carbocycles. The van der Waals surface area contributed by atoms with Crippen LogP contribution >= 0.6 is 0 Å². The number of nitrogens with zero attached hydrogens (tertiary/aromatic N) is 1. The summed E-state index contributed by atoms with van der Waals surface area (Å²) >= 11 is 0. The summed E-state index contributed by atoms with van der Waals surface area (Å²) in [6.45, 7) is -3.44. The number of anilines is 1. The summed E-state index contributed by atoms with van der Waals surface area (Å²) in [5.41, 5.74) is 1.47. The summed E-state index contributed by atoms with van der Waals surface area (Å²) in [6, 6.07) is 7.68. The molecule has 0 aliphatic heterocycles. The zero-order valence-electron chi connectivity index (χ0n) is 18.3.